The van der Waals surface area contributed by atoms with Gasteiger partial charge in [0.15, 0.2) is 11.5 Å². The van der Waals surface area contributed by atoms with Crippen molar-refractivity contribution in [2.45, 2.75) is 13.0 Å². The van der Waals surface area contributed by atoms with Crippen LogP contribution in [0.3, 0.4) is 0 Å². The molecule has 3 rings (SSSR count). The van der Waals surface area contributed by atoms with Crippen LogP contribution in [-0.2, 0) is 0 Å². The van der Waals surface area contributed by atoms with Gasteiger partial charge in [-0.1, -0.05) is 6.07 Å². The Morgan fingerprint density at radius 1 is 1.10 bits per heavy atom. The van der Waals surface area contributed by atoms with Crippen LogP contribution in [0.4, 0.5) is 0 Å². The van der Waals surface area contributed by atoms with Crippen molar-refractivity contribution in [1.29, 1.82) is 0 Å². The van der Waals surface area contributed by atoms with Gasteiger partial charge in [-0.2, -0.15) is 0 Å². The normalized spacial score (nSPS) is 13.9. The molecule has 1 aliphatic rings. The maximum absolute atomic E-state index is 9.94. The van der Waals surface area contributed by atoms with Crippen LogP contribution in [0.5, 0.6) is 28.7 Å². The fourth-order valence-corrected chi connectivity index (χ4v) is 2.27. The molecular formula is C16H16O5. The molecule has 0 radical (unpaired) electrons. The molecule has 0 fully saturated rings. The predicted octanol–water partition coefficient (Wildman–Crippen LogP) is 3.27. The van der Waals surface area contributed by atoms with Crippen LogP contribution < -0.4 is 18.9 Å². The fraction of sp³-hybridized carbons (Fsp3) is 0.250. The van der Waals surface area contributed by atoms with Gasteiger partial charge in [0.05, 0.1) is 18.8 Å². The highest BCUT2D eigenvalue weighted by Gasteiger charge is 2.18. The minimum atomic E-state index is -0.704. The van der Waals surface area contributed by atoms with Crippen molar-refractivity contribution in [2.75, 3.05) is 13.9 Å². The summed E-state index contributed by atoms with van der Waals surface area (Å²) in [6, 6.07) is 10.7. The molecule has 21 heavy (non-hydrogen) atoms. The van der Waals surface area contributed by atoms with E-state index in [0.717, 1.165) is 0 Å². The third kappa shape index (κ3) is 2.60. The lowest BCUT2D eigenvalue weighted by molar-refractivity contribution is 0.174. The van der Waals surface area contributed by atoms with E-state index >= 15 is 0 Å². The lowest BCUT2D eigenvalue weighted by atomic mass is 10.1. The molecule has 1 N–H and O–H groups in total. The molecule has 0 bridgehead atoms. The third-order valence-electron chi connectivity index (χ3n) is 3.24. The van der Waals surface area contributed by atoms with Crippen LogP contribution in [0.15, 0.2) is 36.4 Å². The number of rotatable bonds is 4. The minimum Gasteiger partial charge on any atom is -0.496 e. The van der Waals surface area contributed by atoms with Gasteiger partial charge >= 0.3 is 0 Å². The molecule has 110 valence electrons. The Balaban J connectivity index is 1.94. The number of ether oxygens (including phenoxy) is 4. The van der Waals surface area contributed by atoms with E-state index in [9.17, 15) is 5.11 Å². The number of aliphatic hydroxyl groups excluding tert-OH is 1. The van der Waals surface area contributed by atoms with Gasteiger partial charge in [0.1, 0.15) is 17.2 Å². The molecule has 0 aliphatic carbocycles. The number of methoxy groups -OCH3 is 1. The number of hydrogen-bond acceptors (Lipinski definition) is 5. The zero-order valence-corrected chi connectivity index (χ0v) is 11.8. The van der Waals surface area contributed by atoms with Crippen LogP contribution in [0, 0.1) is 0 Å². The summed E-state index contributed by atoms with van der Waals surface area (Å²) in [6.07, 6.45) is -0.704. The topological polar surface area (TPSA) is 57.2 Å². The van der Waals surface area contributed by atoms with E-state index in [4.69, 9.17) is 18.9 Å². The highest BCUT2D eigenvalue weighted by Crippen LogP contribution is 2.40. The predicted molar refractivity (Wildman–Crippen MR) is 76.3 cm³/mol. The monoisotopic (exact) mass is 288 g/mol. The van der Waals surface area contributed by atoms with E-state index in [1.165, 1.54) is 0 Å². The van der Waals surface area contributed by atoms with Gasteiger partial charge in [-0.05, 0) is 31.2 Å². The largest absolute Gasteiger partial charge is 0.496 e. The summed E-state index contributed by atoms with van der Waals surface area (Å²) in [5, 5.41) is 9.94. The number of benzene rings is 2. The van der Waals surface area contributed by atoms with Crippen molar-refractivity contribution in [1.82, 2.24) is 0 Å². The third-order valence-corrected chi connectivity index (χ3v) is 3.24. The molecule has 0 amide bonds. The molecule has 0 aromatic heterocycles. The highest BCUT2D eigenvalue weighted by molar-refractivity contribution is 5.51. The van der Waals surface area contributed by atoms with Gasteiger partial charge in [0.2, 0.25) is 6.79 Å². The lowest BCUT2D eigenvalue weighted by Gasteiger charge is -2.16. The van der Waals surface area contributed by atoms with Crippen molar-refractivity contribution < 1.29 is 24.1 Å². The standard InChI is InChI=1S/C16H16O5/c1-10(17)16-13(18-2)4-3-5-14(16)21-11-6-7-12-15(8-11)20-9-19-12/h3-8,10,17H,9H2,1-2H3/t10-/m1/s1. The Hall–Kier alpha value is -2.40. The first-order chi connectivity index (χ1) is 10.2. The molecule has 1 aliphatic heterocycles. The van der Waals surface area contributed by atoms with Gasteiger partial charge < -0.3 is 24.1 Å². The molecule has 1 heterocycles. The molecule has 0 saturated carbocycles. The van der Waals surface area contributed by atoms with E-state index in [-0.39, 0.29) is 6.79 Å². The molecule has 0 spiro atoms. The quantitative estimate of drug-likeness (QED) is 0.935. The zero-order valence-electron chi connectivity index (χ0n) is 11.8. The van der Waals surface area contributed by atoms with Crippen LogP contribution >= 0.6 is 0 Å². The van der Waals surface area contributed by atoms with E-state index in [2.05, 4.69) is 0 Å². The molecule has 2 aromatic rings. The number of hydrogen-bond donors (Lipinski definition) is 1. The molecule has 5 nitrogen and oxygen atoms in total. The van der Waals surface area contributed by atoms with E-state index < -0.39 is 6.10 Å². The van der Waals surface area contributed by atoms with Crippen molar-refractivity contribution in [3.8, 4) is 28.7 Å². The smallest absolute Gasteiger partial charge is 0.231 e. The summed E-state index contributed by atoms with van der Waals surface area (Å²) in [4.78, 5) is 0. The number of fused-ring (bicyclic) bond motifs is 1. The summed E-state index contributed by atoms with van der Waals surface area (Å²) in [5.74, 6) is 3.08. The summed E-state index contributed by atoms with van der Waals surface area (Å²) < 4.78 is 21.7. The van der Waals surface area contributed by atoms with Crippen LogP contribution in [-0.4, -0.2) is 19.0 Å². The highest BCUT2D eigenvalue weighted by atomic mass is 16.7. The Kier molecular flexibility index (Phi) is 3.58. The fourth-order valence-electron chi connectivity index (χ4n) is 2.27. The van der Waals surface area contributed by atoms with Crippen LogP contribution in [0.2, 0.25) is 0 Å². The second-order valence-corrected chi connectivity index (χ2v) is 4.67. The first kappa shape index (κ1) is 13.6. The second kappa shape index (κ2) is 5.54. The summed E-state index contributed by atoms with van der Waals surface area (Å²) in [6.45, 7) is 1.89. The van der Waals surface area contributed by atoms with Gasteiger partial charge in [-0.3, -0.25) is 0 Å². The van der Waals surface area contributed by atoms with E-state index in [0.29, 0.717) is 34.3 Å². The Morgan fingerprint density at radius 3 is 2.62 bits per heavy atom. The molecule has 2 aromatic carbocycles. The minimum absolute atomic E-state index is 0.219. The maximum Gasteiger partial charge on any atom is 0.231 e. The zero-order chi connectivity index (χ0) is 14.8. The maximum atomic E-state index is 9.94. The van der Waals surface area contributed by atoms with E-state index in [1.807, 2.05) is 6.07 Å². The molecule has 0 unspecified atom stereocenters. The Bertz CT molecular complexity index is 651. The van der Waals surface area contributed by atoms with E-state index in [1.54, 1.807) is 44.4 Å². The summed E-state index contributed by atoms with van der Waals surface area (Å²) in [7, 11) is 1.56. The van der Waals surface area contributed by atoms with Crippen LogP contribution in [0.25, 0.3) is 0 Å². The average molecular weight is 288 g/mol. The molecule has 0 saturated heterocycles. The van der Waals surface area contributed by atoms with Crippen molar-refractivity contribution >= 4 is 0 Å². The average Bonchev–Trinajstić information content (AvgIpc) is 2.94. The van der Waals surface area contributed by atoms with Gasteiger partial charge in [-0.15, -0.1) is 0 Å². The first-order valence-corrected chi connectivity index (χ1v) is 6.61. The van der Waals surface area contributed by atoms with Crippen molar-refractivity contribution in [2.24, 2.45) is 0 Å². The number of aliphatic hydroxyl groups is 1. The first-order valence-electron chi connectivity index (χ1n) is 6.61. The van der Waals surface area contributed by atoms with Gasteiger partial charge in [0, 0.05) is 6.07 Å². The van der Waals surface area contributed by atoms with Gasteiger partial charge in [0.25, 0.3) is 0 Å². The molecule has 1 atom stereocenters. The lowest BCUT2D eigenvalue weighted by Crippen LogP contribution is -2.00. The van der Waals surface area contributed by atoms with Gasteiger partial charge in [-0.25, -0.2) is 0 Å². The van der Waals surface area contributed by atoms with Crippen LogP contribution in [0.1, 0.15) is 18.6 Å². The van der Waals surface area contributed by atoms with Crippen molar-refractivity contribution in [3.63, 3.8) is 0 Å². The summed E-state index contributed by atoms with van der Waals surface area (Å²) >= 11 is 0. The molecule has 5 heteroatoms. The molecular weight excluding hydrogens is 272 g/mol. The second-order valence-electron chi connectivity index (χ2n) is 4.67. The summed E-state index contributed by atoms with van der Waals surface area (Å²) in [5.41, 5.74) is 0.609. The SMILES string of the molecule is COc1cccc(Oc2ccc3c(c2)OCO3)c1[C@@H](C)O. The Labute approximate surface area is 122 Å². The Morgan fingerprint density at radius 2 is 1.86 bits per heavy atom. The van der Waals surface area contributed by atoms with Crippen molar-refractivity contribution in [3.05, 3.63) is 42.0 Å².